The van der Waals surface area contributed by atoms with Crippen molar-refractivity contribution in [2.75, 3.05) is 6.61 Å². The molecule has 3 rings (SSSR count). The molecule has 27 heavy (non-hydrogen) atoms. The predicted molar refractivity (Wildman–Crippen MR) is 86.9 cm³/mol. The fraction of sp³-hybridized carbons (Fsp3) is 0.176. The van der Waals surface area contributed by atoms with Crippen LogP contribution >= 0.6 is 0 Å². The highest BCUT2D eigenvalue weighted by molar-refractivity contribution is 5.89. The van der Waals surface area contributed by atoms with Gasteiger partial charge in [0.1, 0.15) is 5.56 Å². The molecule has 0 saturated carbocycles. The first-order valence-electron chi connectivity index (χ1n) is 7.66. The molecule has 0 spiro atoms. The largest absolute Gasteiger partial charge is 0.462 e. The van der Waals surface area contributed by atoms with E-state index < -0.39 is 34.7 Å². The highest BCUT2D eigenvalue weighted by atomic mass is 19.4. The lowest BCUT2D eigenvalue weighted by molar-refractivity contribution is -0.141. The number of nitriles is 1. The van der Waals surface area contributed by atoms with Crippen molar-refractivity contribution in [2.45, 2.75) is 13.1 Å². The van der Waals surface area contributed by atoms with Crippen LogP contribution in [-0.2, 0) is 10.9 Å². The lowest BCUT2D eigenvalue weighted by Crippen LogP contribution is -2.27. The van der Waals surface area contributed by atoms with Gasteiger partial charge in [-0.15, -0.1) is 0 Å². The fourth-order valence-electron chi connectivity index (χ4n) is 2.57. The molecule has 0 atom stereocenters. The standard InChI is InChI=1S/C17H11F3N4O3/c1-2-27-15(26)11-8-22-16-23-12(10-5-3-9(7-21)4-6-10)13(17(18,19)20)24(16)14(11)25/h3-6,8H,2H2,1H3,(H,22,23). The van der Waals surface area contributed by atoms with Crippen LogP contribution in [0.4, 0.5) is 13.2 Å². The zero-order valence-electron chi connectivity index (χ0n) is 13.8. The highest BCUT2D eigenvalue weighted by Gasteiger charge is 2.39. The molecule has 0 aliphatic rings. The molecule has 138 valence electrons. The Hall–Kier alpha value is -3.61. The first-order chi connectivity index (χ1) is 12.8. The van der Waals surface area contributed by atoms with Gasteiger partial charge in [-0.05, 0) is 19.1 Å². The Morgan fingerprint density at radius 2 is 2.00 bits per heavy atom. The van der Waals surface area contributed by atoms with Crippen LogP contribution in [0.25, 0.3) is 17.0 Å². The fourth-order valence-corrected chi connectivity index (χ4v) is 2.57. The van der Waals surface area contributed by atoms with Gasteiger partial charge in [-0.25, -0.2) is 14.2 Å². The molecular weight excluding hydrogens is 365 g/mol. The van der Waals surface area contributed by atoms with Gasteiger partial charge in [0.15, 0.2) is 5.69 Å². The van der Waals surface area contributed by atoms with Crippen molar-refractivity contribution in [3.8, 4) is 17.3 Å². The van der Waals surface area contributed by atoms with Crippen molar-refractivity contribution >= 4 is 11.7 Å². The van der Waals surface area contributed by atoms with E-state index >= 15 is 0 Å². The van der Waals surface area contributed by atoms with Crippen molar-refractivity contribution in [1.29, 1.82) is 5.26 Å². The van der Waals surface area contributed by atoms with E-state index in [-0.39, 0.29) is 23.5 Å². The van der Waals surface area contributed by atoms with Gasteiger partial charge in [0.25, 0.3) is 5.56 Å². The molecule has 0 radical (unpaired) electrons. The molecule has 7 nitrogen and oxygen atoms in total. The van der Waals surface area contributed by atoms with Crippen LogP contribution in [0.1, 0.15) is 28.5 Å². The number of H-pyrrole nitrogens is 1. The van der Waals surface area contributed by atoms with E-state index in [9.17, 15) is 22.8 Å². The summed E-state index contributed by atoms with van der Waals surface area (Å²) in [4.78, 5) is 30.6. The van der Waals surface area contributed by atoms with E-state index in [1.165, 1.54) is 31.2 Å². The maximum absolute atomic E-state index is 13.7. The summed E-state index contributed by atoms with van der Waals surface area (Å²) in [6, 6.07) is 7.19. The number of aromatic amines is 1. The number of rotatable bonds is 3. The Balaban J connectivity index is 2.32. The van der Waals surface area contributed by atoms with Crippen molar-refractivity contribution in [1.82, 2.24) is 14.4 Å². The van der Waals surface area contributed by atoms with Crippen molar-refractivity contribution < 1.29 is 22.7 Å². The molecule has 0 aliphatic heterocycles. The number of nitrogens with zero attached hydrogens (tertiary/aromatic N) is 3. The molecule has 10 heteroatoms. The maximum Gasteiger partial charge on any atom is 0.434 e. The molecule has 1 N–H and O–H groups in total. The predicted octanol–water partition coefficient (Wildman–Crippen LogP) is 2.76. The van der Waals surface area contributed by atoms with Crippen molar-refractivity contribution in [2.24, 2.45) is 0 Å². The van der Waals surface area contributed by atoms with Crippen molar-refractivity contribution in [3.63, 3.8) is 0 Å². The van der Waals surface area contributed by atoms with Gasteiger partial charge in [-0.3, -0.25) is 4.79 Å². The average Bonchev–Trinajstić information content (AvgIpc) is 3.03. The number of nitrogens with one attached hydrogen (secondary N) is 1. The summed E-state index contributed by atoms with van der Waals surface area (Å²) < 4.78 is 46.2. The molecule has 0 aliphatic carbocycles. The Labute approximate surface area is 149 Å². The third kappa shape index (κ3) is 3.15. The second-order valence-electron chi connectivity index (χ2n) is 5.39. The average molecular weight is 376 g/mol. The summed E-state index contributed by atoms with van der Waals surface area (Å²) in [7, 11) is 0. The van der Waals surface area contributed by atoms with Crippen LogP contribution in [0, 0.1) is 11.3 Å². The number of ether oxygens (including phenoxy) is 1. The van der Waals surface area contributed by atoms with Crippen LogP contribution in [0.15, 0.2) is 35.3 Å². The molecule has 0 saturated heterocycles. The van der Waals surface area contributed by atoms with Crippen LogP contribution in [0.3, 0.4) is 0 Å². The van der Waals surface area contributed by atoms with Crippen LogP contribution in [0.2, 0.25) is 0 Å². The second kappa shape index (κ2) is 6.60. The van der Waals surface area contributed by atoms with Gasteiger partial charge < -0.3 is 9.72 Å². The normalized spacial score (nSPS) is 11.4. The topological polar surface area (TPSA) is 100 Å². The Morgan fingerprint density at radius 1 is 1.33 bits per heavy atom. The molecule has 2 heterocycles. The molecule has 1 aromatic carbocycles. The third-order valence-corrected chi connectivity index (χ3v) is 3.72. The number of halogens is 3. The number of aromatic nitrogens is 3. The number of imidazole rings is 1. The summed E-state index contributed by atoms with van der Waals surface area (Å²) in [5.41, 5.74) is -3.14. The summed E-state index contributed by atoms with van der Waals surface area (Å²) in [5, 5.41) is 8.82. The molecule has 2 aromatic heterocycles. The zero-order valence-corrected chi connectivity index (χ0v) is 13.8. The summed E-state index contributed by atoms with van der Waals surface area (Å²) in [6.07, 6.45) is -4.05. The lowest BCUT2D eigenvalue weighted by Gasteiger charge is -2.09. The smallest absolute Gasteiger partial charge is 0.434 e. The number of esters is 1. The van der Waals surface area contributed by atoms with Crippen molar-refractivity contribution in [3.05, 3.63) is 57.6 Å². The molecule has 3 aromatic rings. The van der Waals surface area contributed by atoms with Crippen LogP contribution in [0.5, 0.6) is 0 Å². The number of hydrogen-bond acceptors (Lipinski definition) is 5. The third-order valence-electron chi connectivity index (χ3n) is 3.72. The SMILES string of the molecule is CCOC(=O)c1cnc2[nH]c(-c3ccc(C#N)cc3)c(C(F)(F)F)n2c1=O. The van der Waals surface area contributed by atoms with Gasteiger partial charge in [-0.1, -0.05) is 12.1 Å². The number of carbonyl (C=O) groups excluding carboxylic acids is 1. The molecule has 0 amide bonds. The maximum atomic E-state index is 13.7. The van der Waals surface area contributed by atoms with Crippen LogP contribution in [-0.4, -0.2) is 26.9 Å². The lowest BCUT2D eigenvalue weighted by atomic mass is 10.1. The Morgan fingerprint density at radius 3 is 2.56 bits per heavy atom. The zero-order chi connectivity index (χ0) is 19.8. The molecular formula is C17H11F3N4O3. The first-order valence-corrected chi connectivity index (χ1v) is 7.66. The van der Waals surface area contributed by atoms with Gasteiger partial charge in [0, 0.05) is 5.56 Å². The van der Waals surface area contributed by atoms with E-state index in [0.29, 0.717) is 4.40 Å². The van der Waals surface area contributed by atoms with Crippen LogP contribution < -0.4 is 5.56 Å². The van der Waals surface area contributed by atoms with Gasteiger partial charge in [0.05, 0.1) is 30.1 Å². The number of hydrogen-bond donors (Lipinski definition) is 1. The van der Waals surface area contributed by atoms with Gasteiger partial charge in [-0.2, -0.15) is 18.4 Å². The van der Waals surface area contributed by atoms with Gasteiger partial charge in [0.2, 0.25) is 5.78 Å². The Bertz CT molecular complexity index is 1120. The van der Waals surface area contributed by atoms with E-state index in [4.69, 9.17) is 5.26 Å². The molecule has 0 bridgehead atoms. The second-order valence-corrected chi connectivity index (χ2v) is 5.39. The monoisotopic (exact) mass is 376 g/mol. The molecule has 0 fully saturated rings. The van der Waals surface area contributed by atoms with E-state index in [1.54, 1.807) is 0 Å². The number of benzene rings is 1. The highest BCUT2D eigenvalue weighted by Crippen LogP contribution is 2.36. The minimum absolute atomic E-state index is 0.0449. The Kier molecular flexibility index (Phi) is 4.45. The quantitative estimate of drug-likeness (QED) is 0.709. The number of carbonyl (C=O) groups is 1. The summed E-state index contributed by atoms with van der Waals surface area (Å²) >= 11 is 0. The van der Waals surface area contributed by atoms with Gasteiger partial charge >= 0.3 is 12.1 Å². The number of fused-ring (bicyclic) bond motifs is 1. The first kappa shape index (κ1) is 18.2. The molecule has 0 unspecified atom stereocenters. The van der Waals surface area contributed by atoms with E-state index in [2.05, 4.69) is 14.7 Å². The van der Waals surface area contributed by atoms with E-state index in [1.807, 2.05) is 6.07 Å². The minimum atomic E-state index is -4.92. The minimum Gasteiger partial charge on any atom is -0.462 e. The van der Waals surface area contributed by atoms with E-state index in [0.717, 1.165) is 6.20 Å². The summed E-state index contributed by atoms with van der Waals surface area (Å²) in [5.74, 6) is -1.43. The number of alkyl halides is 3. The summed E-state index contributed by atoms with van der Waals surface area (Å²) in [6.45, 7) is 1.46.